The minimum Gasteiger partial charge on any atom is -0.308 e. The molecule has 0 saturated carbocycles. The van der Waals surface area contributed by atoms with Crippen LogP contribution in [0.1, 0.15) is 21.6 Å². The lowest BCUT2D eigenvalue weighted by Gasteiger charge is -2.17. The molecule has 0 fully saturated rings. The first kappa shape index (κ1) is 14.9. The smallest absolute Gasteiger partial charge is 0.261 e. The van der Waals surface area contributed by atoms with E-state index in [0.717, 1.165) is 29.1 Å². The summed E-state index contributed by atoms with van der Waals surface area (Å²) in [6.45, 7) is 2.54. The predicted molar refractivity (Wildman–Crippen MR) is 92.9 cm³/mol. The monoisotopic (exact) mass is 338 g/mol. The first-order chi connectivity index (χ1) is 11.7. The Morgan fingerprint density at radius 2 is 2.00 bits per heavy atom. The van der Waals surface area contributed by atoms with E-state index >= 15 is 0 Å². The van der Waals surface area contributed by atoms with Crippen molar-refractivity contribution in [2.24, 2.45) is 0 Å². The maximum atomic E-state index is 13.0. The minimum absolute atomic E-state index is 0.0474. The van der Waals surface area contributed by atoms with Gasteiger partial charge in [0.15, 0.2) is 0 Å². The summed E-state index contributed by atoms with van der Waals surface area (Å²) >= 11 is 6.24. The van der Waals surface area contributed by atoms with Gasteiger partial charge in [0, 0.05) is 29.6 Å². The van der Waals surface area contributed by atoms with Gasteiger partial charge in [-0.25, -0.2) is 4.68 Å². The number of hydrogen-bond donors (Lipinski definition) is 0. The molecule has 0 N–H and O–H groups in total. The molecule has 4 rings (SSSR count). The van der Waals surface area contributed by atoms with Crippen molar-refractivity contribution >= 4 is 23.2 Å². The van der Waals surface area contributed by atoms with Gasteiger partial charge in [0.05, 0.1) is 23.1 Å². The number of aromatic nitrogens is 3. The summed E-state index contributed by atoms with van der Waals surface area (Å²) in [5.74, 6) is -0.0474. The lowest BCUT2D eigenvalue weighted by atomic mass is 10.1. The highest BCUT2D eigenvalue weighted by Gasteiger charge is 2.29. The topological polar surface area (TPSA) is 51.0 Å². The van der Waals surface area contributed by atoms with Crippen LogP contribution < -0.4 is 4.90 Å². The number of benzene rings is 1. The van der Waals surface area contributed by atoms with Crippen LogP contribution in [0, 0.1) is 6.92 Å². The number of anilines is 1. The van der Waals surface area contributed by atoms with Crippen LogP contribution in [0.5, 0.6) is 0 Å². The summed E-state index contributed by atoms with van der Waals surface area (Å²) in [5.41, 5.74) is 4.21. The second kappa shape index (κ2) is 5.76. The molecule has 1 aliphatic rings. The summed E-state index contributed by atoms with van der Waals surface area (Å²) in [7, 11) is 0. The molecular weight excluding hydrogens is 324 g/mol. The Kier molecular flexibility index (Phi) is 3.58. The summed E-state index contributed by atoms with van der Waals surface area (Å²) in [6.07, 6.45) is 5.81. The van der Waals surface area contributed by atoms with Gasteiger partial charge in [-0.1, -0.05) is 17.7 Å². The summed E-state index contributed by atoms with van der Waals surface area (Å²) in [6, 6.07) is 9.40. The molecule has 2 aromatic heterocycles. The highest BCUT2D eigenvalue weighted by molar-refractivity contribution is 6.32. The highest BCUT2D eigenvalue weighted by Crippen LogP contribution is 2.34. The lowest BCUT2D eigenvalue weighted by molar-refractivity contribution is 0.0989. The van der Waals surface area contributed by atoms with Crippen LogP contribution in [0.4, 0.5) is 5.69 Å². The van der Waals surface area contributed by atoms with E-state index < -0.39 is 0 Å². The molecule has 24 heavy (non-hydrogen) atoms. The number of amides is 1. The number of carbonyl (C=O) groups excluding carboxylic acids is 1. The first-order valence-electron chi connectivity index (χ1n) is 7.71. The van der Waals surface area contributed by atoms with E-state index in [0.29, 0.717) is 17.1 Å². The number of halogens is 1. The zero-order valence-electron chi connectivity index (χ0n) is 13.1. The third kappa shape index (κ3) is 2.29. The van der Waals surface area contributed by atoms with Crippen molar-refractivity contribution in [3.63, 3.8) is 0 Å². The van der Waals surface area contributed by atoms with Crippen LogP contribution in [-0.2, 0) is 6.42 Å². The van der Waals surface area contributed by atoms with Gasteiger partial charge in [-0.2, -0.15) is 5.10 Å². The Balaban J connectivity index is 1.71. The van der Waals surface area contributed by atoms with Crippen molar-refractivity contribution in [2.75, 3.05) is 11.4 Å². The average Bonchev–Trinajstić information content (AvgIpc) is 3.20. The fourth-order valence-corrected chi connectivity index (χ4v) is 3.38. The molecule has 0 unspecified atom stereocenters. The number of pyridine rings is 1. The van der Waals surface area contributed by atoms with E-state index in [4.69, 9.17) is 11.6 Å². The van der Waals surface area contributed by atoms with Crippen molar-refractivity contribution < 1.29 is 4.79 Å². The van der Waals surface area contributed by atoms with Gasteiger partial charge in [-0.3, -0.25) is 9.78 Å². The van der Waals surface area contributed by atoms with Gasteiger partial charge in [0.25, 0.3) is 5.91 Å². The number of carbonyl (C=O) groups is 1. The van der Waals surface area contributed by atoms with Crippen molar-refractivity contribution in [3.8, 4) is 5.69 Å². The molecule has 0 aliphatic carbocycles. The van der Waals surface area contributed by atoms with Crippen molar-refractivity contribution in [1.82, 2.24) is 14.8 Å². The molecule has 3 heterocycles. The SMILES string of the molecule is Cc1c(C(=O)N2CCc3c(Cl)cccc32)cnn1-c1ccncc1. The molecule has 0 bridgehead atoms. The first-order valence-corrected chi connectivity index (χ1v) is 8.09. The van der Waals surface area contributed by atoms with Crippen LogP contribution in [-0.4, -0.2) is 27.2 Å². The number of hydrogen-bond acceptors (Lipinski definition) is 3. The fourth-order valence-electron chi connectivity index (χ4n) is 3.11. The summed E-state index contributed by atoms with van der Waals surface area (Å²) in [4.78, 5) is 18.8. The maximum absolute atomic E-state index is 13.0. The van der Waals surface area contributed by atoms with E-state index in [1.165, 1.54) is 0 Å². The van der Waals surface area contributed by atoms with Gasteiger partial charge in [0.2, 0.25) is 0 Å². The van der Waals surface area contributed by atoms with Crippen LogP contribution in [0.15, 0.2) is 48.9 Å². The van der Waals surface area contributed by atoms with E-state index in [-0.39, 0.29) is 5.91 Å². The average molecular weight is 339 g/mol. The number of rotatable bonds is 2. The molecule has 0 radical (unpaired) electrons. The fraction of sp³-hybridized carbons (Fsp3) is 0.167. The molecule has 3 aromatic rings. The zero-order valence-corrected chi connectivity index (χ0v) is 13.9. The van der Waals surface area contributed by atoms with Crippen LogP contribution >= 0.6 is 11.6 Å². The Labute approximate surface area is 144 Å². The maximum Gasteiger partial charge on any atom is 0.261 e. The van der Waals surface area contributed by atoms with Crippen LogP contribution in [0.2, 0.25) is 5.02 Å². The minimum atomic E-state index is -0.0474. The quantitative estimate of drug-likeness (QED) is 0.719. The summed E-state index contributed by atoms with van der Waals surface area (Å²) in [5, 5.41) is 5.08. The van der Waals surface area contributed by atoms with Crippen LogP contribution in [0.25, 0.3) is 5.69 Å². The Hall–Kier alpha value is -2.66. The molecule has 0 saturated heterocycles. The van der Waals surface area contributed by atoms with Crippen molar-refractivity contribution in [1.29, 1.82) is 0 Å². The molecule has 6 heteroatoms. The number of nitrogens with zero attached hydrogens (tertiary/aromatic N) is 4. The van der Waals surface area contributed by atoms with Gasteiger partial charge in [0.1, 0.15) is 0 Å². The molecule has 1 amide bonds. The van der Waals surface area contributed by atoms with E-state index in [1.807, 2.05) is 37.3 Å². The Bertz CT molecular complexity index is 920. The standard InChI is InChI=1S/C18H15ClN4O/c1-12-15(11-21-23(12)13-5-8-20-9-6-13)18(24)22-10-7-14-16(19)3-2-4-17(14)22/h2-6,8-9,11H,7,10H2,1H3. The lowest BCUT2D eigenvalue weighted by Crippen LogP contribution is -2.29. The highest BCUT2D eigenvalue weighted by atomic mass is 35.5. The van der Waals surface area contributed by atoms with Gasteiger partial charge >= 0.3 is 0 Å². The predicted octanol–water partition coefficient (Wildman–Crippen LogP) is 3.43. The molecule has 1 aromatic carbocycles. The van der Waals surface area contributed by atoms with E-state index in [1.54, 1.807) is 28.2 Å². The molecule has 5 nitrogen and oxygen atoms in total. The second-order valence-electron chi connectivity index (χ2n) is 5.71. The Morgan fingerprint density at radius 1 is 1.21 bits per heavy atom. The molecule has 0 atom stereocenters. The molecule has 120 valence electrons. The van der Waals surface area contributed by atoms with Gasteiger partial charge in [-0.15, -0.1) is 0 Å². The van der Waals surface area contributed by atoms with Crippen molar-refractivity contribution in [2.45, 2.75) is 13.3 Å². The number of fused-ring (bicyclic) bond motifs is 1. The normalized spacial score (nSPS) is 13.2. The molecule has 1 aliphatic heterocycles. The largest absolute Gasteiger partial charge is 0.308 e. The summed E-state index contributed by atoms with van der Waals surface area (Å²) < 4.78 is 1.75. The van der Waals surface area contributed by atoms with E-state index in [2.05, 4.69) is 10.1 Å². The third-order valence-corrected chi connectivity index (χ3v) is 4.72. The molecular formula is C18H15ClN4O. The zero-order chi connectivity index (χ0) is 16.7. The third-order valence-electron chi connectivity index (χ3n) is 4.36. The van der Waals surface area contributed by atoms with E-state index in [9.17, 15) is 4.79 Å². The van der Waals surface area contributed by atoms with Crippen LogP contribution in [0.3, 0.4) is 0 Å². The second-order valence-corrected chi connectivity index (χ2v) is 6.11. The van der Waals surface area contributed by atoms with Gasteiger partial charge in [-0.05, 0) is 43.2 Å². The van der Waals surface area contributed by atoms with Gasteiger partial charge < -0.3 is 4.90 Å². The molecule has 0 spiro atoms. The van der Waals surface area contributed by atoms with Crippen molar-refractivity contribution in [3.05, 3.63) is 70.8 Å². The Morgan fingerprint density at radius 3 is 2.79 bits per heavy atom.